The predicted octanol–water partition coefficient (Wildman–Crippen LogP) is 5.57. The Balaban J connectivity index is 1.28. The van der Waals surface area contributed by atoms with Gasteiger partial charge in [-0.3, -0.25) is 15.3 Å². The highest BCUT2D eigenvalue weighted by Crippen LogP contribution is 2.51. The number of halogens is 2. The number of nitrogens with two attached hydrogens (primary N) is 1. The Kier molecular flexibility index (Phi) is 7.41. The van der Waals surface area contributed by atoms with Crippen LogP contribution in [0, 0.1) is 11.3 Å². The van der Waals surface area contributed by atoms with E-state index in [-0.39, 0.29) is 5.92 Å². The van der Waals surface area contributed by atoms with Crippen LogP contribution in [0.5, 0.6) is 11.5 Å². The second kappa shape index (κ2) is 11.1. The molecule has 0 bridgehead atoms. The van der Waals surface area contributed by atoms with Crippen LogP contribution in [-0.4, -0.2) is 38.9 Å². The van der Waals surface area contributed by atoms with Gasteiger partial charge in [-0.25, -0.2) is 15.3 Å². The first-order valence-electron chi connectivity index (χ1n) is 12.7. The maximum absolute atomic E-state index is 13.5. The Hall–Kier alpha value is -3.57. The lowest BCUT2D eigenvalue weighted by Crippen LogP contribution is -2.44. The number of hydrazine groups is 1. The van der Waals surface area contributed by atoms with Crippen LogP contribution in [0.1, 0.15) is 24.4 Å². The van der Waals surface area contributed by atoms with Crippen LogP contribution < -0.4 is 20.1 Å². The summed E-state index contributed by atoms with van der Waals surface area (Å²) >= 11 is 13.7. The Morgan fingerprint density at radius 2 is 1.85 bits per heavy atom. The molecule has 206 valence electrons. The number of carbonyl (C=O) groups excluding carboxylic acids is 1. The zero-order chi connectivity index (χ0) is 27.8. The lowest BCUT2D eigenvalue weighted by atomic mass is 9.85. The van der Waals surface area contributed by atoms with Gasteiger partial charge in [0.25, 0.3) is 0 Å². The molecule has 6 rings (SSSR count). The molecule has 9 nitrogen and oxygen atoms in total. The molecule has 2 unspecified atom stereocenters. The number of carbonyl (C=O) groups is 1. The van der Waals surface area contributed by atoms with Crippen LogP contribution in [0.3, 0.4) is 0 Å². The van der Waals surface area contributed by atoms with Crippen LogP contribution in [0.2, 0.25) is 5.02 Å². The van der Waals surface area contributed by atoms with Crippen molar-refractivity contribution in [1.29, 1.82) is 5.41 Å². The summed E-state index contributed by atoms with van der Waals surface area (Å²) in [4.78, 5) is 15.6. The number of fused-ring (bicyclic) bond motifs is 2. The molecule has 2 aromatic carbocycles. The van der Waals surface area contributed by atoms with Crippen LogP contribution in [-0.2, 0) is 6.54 Å². The number of hydrogen-bond donors (Lipinski definition) is 2. The fourth-order valence-electron chi connectivity index (χ4n) is 5.40. The summed E-state index contributed by atoms with van der Waals surface area (Å²) in [6.07, 6.45) is 4.72. The summed E-state index contributed by atoms with van der Waals surface area (Å²) < 4.78 is 13.2. The van der Waals surface area contributed by atoms with Gasteiger partial charge in [-0.05, 0) is 72.5 Å². The molecule has 0 saturated carbocycles. The van der Waals surface area contributed by atoms with Crippen molar-refractivity contribution < 1.29 is 14.3 Å². The zero-order valence-corrected chi connectivity index (χ0v) is 23.6. The number of allylic oxidation sites excluding steroid dienone is 4. The van der Waals surface area contributed by atoms with Crippen molar-refractivity contribution in [1.82, 2.24) is 19.7 Å². The maximum Gasteiger partial charge on any atom is 0.416 e. The Morgan fingerprint density at radius 1 is 1.10 bits per heavy atom. The van der Waals surface area contributed by atoms with E-state index in [0.717, 1.165) is 22.0 Å². The van der Waals surface area contributed by atoms with Gasteiger partial charge in [-0.15, -0.1) is 0 Å². The molecule has 3 heterocycles. The highest BCUT2D eigenvalue weighted by molar-refractivity contribution is 7.06. The molecule has 3 aliphatic rings. The zero-order valence-electron chi connectivity index (χ0n) is 21.3. The monoisotopic (exact) mass is 596 g/mol. The highest BCUT2D eigenvalue weighted by atomic mass is 35.5. The van der Waals surface area contributed by atoms with Crippen molar-refractivity contribution in [2.45, 2.75) is 25.4 Å². The van der Waals surface area contributed by atoms with Crippen LogP contribution in [0.15, 0.2) is 88.2 Å². The first-order valence-corrected chi connectivity index (χ1v) is 14.4. The first-order chi connectivity index (χ1) is 19.4. The first kappa shape index (κ1) is 26.6. The molecule has 0 radical (unpaired) electrons. The van der Waals surface area contributed by atoms with Gasteiger partial charge in [0.2, 0.25) is 0 Å². The van der Waals surface area contributed by atoms with Gasteiger partial charge in [0, 0.05) is 28.2 Å². The van der Waals surface area contributed by atoms with Crippen molar-refractivity contribution >= 4 is 40.6 Å². The number of amides is 1. The molecule has 0 fully saturated rings. The molecule has 2 atom stereocenters. The van der Waals surface area contributed by atoms with E-state index in [0.29, 0.717) is 53.9 Å². The highest BCUT2D eigenvalue weighted by Gasteiger charge is 2.46. The molecule has 1 aliphatic carbocycles. The molecule has 3 aromatic rings. The summed E-state index contributed by atoms with van der Waals surface area (Å²) in [7, 11) is 0. The van der Waals surface area contributed by atoms with Crippen molar-refractivity contribution in [3.05, 3.63) is 104 Å². The number of nitrogens with zero attached hydrogens (tertiary/aromatic N) is 4. The third-order valence-electron chi connectivity index (χ3n) is 7.28. The van der Waals surface area contributed by atoms with Crippen molar-refractivity contribution in [3.63, 3.8) is 0 Å². The van der Waals surface area contributed by atoms with Crippen molar-refractivity contribution in [2.75, 3.05) is 13.2 Å². The van der Waals surface area contributed by atoms with Crippen molar-refractivity contribution in [3.8, 4) is 11.5 Å². The van der Waals surface area contributed by atoms with Gasteiger partial charge in [-0.1, -0.05) is 46.7 Å². The minimum Gasteiger partial charge on any atom is -0.492 e. The Bertz CT molecular complexity index is 1580. The van der Waals surface area contributed by atoms with Gasteiger partial charge in [0.05, 0.1) is 12.2 Å². The van der Waals surface area contributed by atoms with E-state index in [1.807, 2.05) is 36.4 Å². The maximum atomic E-state index is 13.5. The molecule has 0 spiro atoms. The number of rotatable bonds is 6. The lowest BCUT2D eigenvalue weighted by Gasteiger charge is -2.38. The molecule has 3 N–H and O–H groups in total. The molecule has 1 aromatic heterocycles. The number of aromatic nitrogens is 2. The molecular weight excluding hydrogens is 571 g/mol. The molecule has 2 aliphatic heterocycles. The topological polar surface area (TPSA) is 110 Å². The summed E-state index contributed by atoms with van der Waals surface area (Å²) in [5.41, 5.74) is 5.54. The van der Waals surface area contributed by atoms with Gasteiger partial charge < -0.3 is 9.47 Å². The van der Waals surface area contributed by atoms with E-state index in [1.54, 1.807) is 44.4 Å². The van der Waals surface area contributed by atoms with Crippen molar-refractivity contribution in [2.24, 2.45) is 11.8 Å². The minimum absolute atomic E-state index is 0.0854. The number of nitrogens with one attached hydrogen (secondary N) is 1. The third-order valence-corrected chi connectivity index (χ3v) is 8.44. The minimum atomic E-state index is -0.473. The average Bonchev–Trinajstić information content (AvgIpc) is 3.49. The third kappa shape index (κ3) is 5.15. The van der Waals surface area contributed by atoms with E-state index in [1.165, 1.54) is 16.9 Å². The van der Waals surface area contributed by atoms with E-state index >= 15 is 0 Å². The fraction of sp³-hybridized carbons (Fsp3) is 0.250. The second-order valence-electron chi connectivity index (χ2n) is 9.59. The standard InChI is InChI=1S/C28H26Cl2N6O3S/c29-18-3-8-21(9-4-18)39-28(37)34-12-11-22-23-15-19(30)5-10-24(23)36(32)26(22)25(34)17-1-6-20(7-2-17)38-14-13-35-27(31)40-16-33-35/h1-10,16,23,25,31H,11-15,32H2. The summed E-state index contributed by atoms with van der Waals surface area (Å²) in [5, 5.41) is 15.0. The van der Waals surface area contributed by atoms with Crippen LogP contribution in [0.4, 0.5) is 4.79 Å². The molecule has 1 amide bonds. The van der Waals surface area contributed by atoms with Gasteiger partial charge in [0.15, 0.2) is 4.80 Å². The van der Waals surface area contributed by atoms with Gasteiger partial charge >= 0.3 is 6.09 Å². The summed E-state index contributed by atoms with van der Waals surface area (Å²) in [6.45, 7) is 1.31. The molecular formula is C28H26Cl2N6O3S. The normalized spacial score (nSPS) is 20.1. The van der Waals surface area contributed by atoms with Gasteiger partial charge in [0.1, 0.15) is 29.7 Å². The number of benzene rings is 2. The SMILES string of the molecule is N=c1scnn1CCOc1ccc(C2C3=C(CCN2C(=O)Oc2ccc(Cl)cc2)C2CC(Cl)=CC=C2N3N)cc1. The number of hydrogen-bond acceptors (Lipinski definition) is 8. The smallest absolute Gasteiger partial charge is 0.416 e. The molecule has 12 heteroatoms. The quantitative estimate of drug-likeness (QED) is 0.360. The van der Waals surface area contributed by atoms with E-state index in [9.17, 15) is 4.79 Å². The summed E-state index contributed by atoms with van der Waals surface area (Å²) in [5.74, 6) is 7.87. The average molecular weight is 598 g/mol. The largest absolute Gasteiger partial charge is 0.492 e. The predicted molar refractivity (Wildman–Crippen MR) is 153 cm³/mol. The Labute approximate surface area is 244 Å². The molecule has 0 saturated heterocycles. The number of ether oxygens (including phenoxy) is 2. The van der Waals surface area contributed by atoms with E-state index < -0.39 is 12.1 Å². The van der Waals surface area contributed by atoms with Gasteiger partial charge in [-0.2, -0.15) is 5.10 Å². The second-order valence-corrected chi connectivity index (χ2v) is 11.3. The van der Waals surface area contributed by atoms with E-state index in [2.05, 4.69) is 5.10 Å². The fourth-order valence-corrected chi connectivity index (χ4v) is 6.27. The van der Waals surface area contributed by atoms with Crippen LogP contribution >= 0.6 is 34.5 Å². The Morgan fingerprint density at radius 3 is 2.58 bits per heavy atom. The van der Waals surface area contributed by atoms with E-state index in [4.69, 9.17) is 43.9 Å². The molecule has 40 heavy (non-hydrogen) atoms. The van der Waals surface area contributed by atoms with Crippen LogP contribution in [0.25, 0.3) is 0 Å². The lowest BCUT2D eigenvalue weighted by molar-refractivity contribution is 0.128. The summed E-state index contributed by atoms with van der Waals surface area (Å²) in [6, 6.07) is 13.9.